The molecule has 0 amide bonds. The first-order valence-corrected chi connectivity index (χ1v) is 15.0. The van der Waals surface area contributed by atoms with Crippen LogP contribution < -0.4 is 15.6 Å². The third kappa shape index (κ3) is 5.26. The molecule has 14 nitrogen and oxygen atoms in total. The second kappa shape index (κ2) is 10.5. The van der Waals surface area contributed by atoms with Gasteiger partial charge in [0.15, 0.2) is 23.1 Å². The van der Waals surface area contributed by atoms with Gasteiger partial charge in [-0.05, 0) is 19.4 Å². The Labute approximate surface area is 227 Å². The number of esters is 1. The monoisotopic (exact) mass is 579 g/mol. The lowest BCUT2D eigenvalue weighted by Gasteiger charge is -2.27. The van der Waals surface area contributed by atoms with Gasteiger partial charge in [0, 0.05) is 0 Å². The number of nitrogens with two attached hydrogens (primary N) is 1. The van der Waals surface area contributed by atoms with Gasteiger partial charge in [-0.1, -0.05) is 30.3 Å². The fraction of sp³-hybridized carbons (Fsp3) is 0.391. The Balaban J connectivity index is 1.23. The topological polar surface area (TPSA) is 196 Å². The van der Waals surface area contributed by atoms with Crippen LogP contribution in [0.15, 0.2) is 47.8 Å². The number of aromatic nitrogens is 4. The van der Waals surface area contributed by atoms with Gasteiger partial charge in [0.05, 0.1) is 18.8 Å². The molecular formula is C23H28N6O8PS+. The molecule has 39 heavy (non-hydrogen) atoms. The molecule has 2 unspecified atom stereocenters. The summed E-state index contributed by atoms with van der Waals surface area (Å²) in [4.78, 5) is 35.9. The molecule has 2 aliphatic rings. The molecule has 16 heteroatoms. The van der Waals surface area contributed by atoms with Crippen molar-refractivity contribution in [1.29, 1.82) is 0 Å². The van der Waals surface area contributed by atoms with Crippen molar-refractivity contribution in [3.63, 3.8) is 0 Å². The first kappa shape index (κ1) is 27.5. The van der Waals surface area contributed by atoms with Crippen LogP contribution in [0.1, 0.15) is 31.7 Å². The van der Waals surface area contributed by atoms with E-state index >= 15 is 0 Å². The summed E-state index contributed by atoms with van der Waals surface area (Å²) in [6, 6.07) is 9.24. The van der Waals surface area contributed by atoms with Crippen molar-refractivity contribution >= 4 is 41.5 Å². The molecule has 1 saturated heterocycles. The number of nitrogen functional groups attached to an aromatic ring is 1. The maximum Gasteiger partial charge on any atom is 0.440 e. The number of carbonyl (C=O) groups is 1. The number of fused-ring (bicyclic) bond motifs is 1. The number of imidazole rings is 1. The van der Waals surface area contributed by atoms with E-state index in [0.29, 0.717) is 5.52 Å². The summed E-state index contributed by atoms with van der Waals surface area (Å²) < 4.78 is 23.7. The summed E-state index contributed by atoms with van der Waals surface area (Å²) in [6.45, 7) is 2.84. The van der Waals surface area contributed by atoms with Crippen molar-refractivity contribution in [3.05, 3.63) is 53.3 Å². The van der Waals surface area contributed by atoms with Crippen molar-refractivity contribution in [1.82, 2.24) is 24.6 Å². The normalized spacial score (nSPS) is 29.2. The van der Waals surface area contributed by atoms with Gasteiger partial charge >= 0.3 is 13.0 Å². The summed E-state index contributed by atoms with van der Waals surface area (Å²) >= 11 is 0.905. The van der Waals surface area contributed by atoms with E-state index in [-0.39, 0.29) is 29.8 Å². The third-order valence-corrected chi connectivity index (χ3v) is 9.78. The standard InChI is InChI=1S/C23H28N6O8PS/c1-12(13-7-5-4-6-8-13)36-20(31)14-10-39-38(33,28-14)35-9-15-17(30)23(2,32)21(37-15)29-11-25-16-18(29)26-22(24)27-19(16)34-3/h4-8,10-12,15,17,21,28,30,32-33H,9H2,1-3H3,(H2,24,26,27)/q+1/t12-,15?,17-,21-,23-,38?/m1/s1. The number of nitrogens with zero attached hydrogens (tertiary/aromatic N) is 4. The molecule has 0 bridgehead atoms. The number of aliphatic hydroxyl groups excluding tert-OH is 1. The van der Waals surface area contributed by atoms with Gasteiger partial charge in [-0.3, -0.25) is 4.57 Å². The zero-order chi connectivity index (χ0) is 27.9. The molecule has 1 fully saturated rings. The molecule has 4 heterocycles. The van der Waals surface area contributed by atoms with Crippen LogP contribution in [0.4, 0.5) is 5.95 Å². The van der Waals surface area contributed by atoms with Crippen LogP contribution in [0.2, 0.25) is 0 Å². The van der Waals surface area contributed by atoms with E-state index in [9.17, 15) is 19.9 Å². The fourth-order valence-electron chi connectivity index (χ4n) is 4.27. The molecule has 6 N–H and O–H groups in total. The van der Waals surface area contributed by atoms with E-state index in [1.807, 2.05) is 30.3 Å². The minimum atomic E-state index is -3.37. The Morgan fingerprint density at radius 2 is 2.10 bits per heavy atom. The highest BCUT2D eigenvalue weighted by molar-refractivity contribution is 8.60. The number of carbonyl (C=O) groups excluding carboxylic acids is 1. The Morgan fingerprint density at radius 1 is 1.36 bits per heavy atom. The lowest BCUT2D eigenvalue weighted by molar-refractivity contribution is -0.144. The van der Waals surface area contributed by atoms with E-state index in [1.54, 1.807) is 6.92 Å². The molecule has 0 radical (unpaired) electrons. The van der Waals surface area contributed by atoms with Crippen molar-refractivity contribution < 1.29 is 38.6 Å². The molecule has 0 aliphatic carbocycles. The molecule has 6 atom stereocenters. The predicted octanol–water partition coefficient (Wildman–Crippen LogP) is 1.60. The largest absolute Gasteiger partial charge is 0.479 e. The highest BCUT2D eigenvalue weighted by atomic mass is 32.7. The predicted molar refractivity (Wildman–Crippen MR) is 142 cm³/mol. The number of hydrogen-bond donors (Lipinski definition) is 5. The first-order valence-electron chi connectivity index (χ1n) is 11.8. The van der Waals surface area contributed by atoms with Gasteiger partial charge in [-0.2, -0.15) is 24.5 Å². The van der Waals surface area contributed by atoms with Crippen LogP contribution in [0.3, 0.4) is 0 Å². The highest BCUT2D eigenvalue weighted by Crippen LogP contribution is 2.68. The van der Waals surface area contributed by atoms with Gasteiger partial charge in [0.25, 0.3) is 0 Å². The van der Waals surface area contributed by atoms with Crippen LogP contribution in [0.5, 0.6) is 5.88 Å². The van der Waals surface area contributed by atoms with Crippen LogP contribution >= 0.6 is 18.5 Å². The molecule has 208 valence electrons. The number of rotatable bonds is 8. The zero-order valence-electron chi connectivity index (χ0n) is 21.2. The first-order chi connectivity index (χ1) is 18.5. The van der Waals surface area contributed by atoms with Crippen molar-refractivity contribution in [2.45, 2.75) is 44.0 Å². The molecule has 2 aliphatic heterocycles. The molecule has 1 aromatic carbocycles. The second-order valence-electron chi connectivity index (χ2n) is 9.14. The average Bonchev–Trinajstić information content (AvgIpc) is 3.57. The zero-order valence-corrected chi connectivity index (χ0v) is 22.9. The summed E-state index contributed by atoms with van der Waals surface area (Å²) in [5.41, 5.74) is 5.38. The number of methoxy groups -OCH3 is 1. The van der Waals surface area contributed by atoms with Gasteiger partial charge in [-0.15, -0.1) is 0 Å². The van der Waals surface area contributed by atoms with E-state index in [0.717, 1.165) is 16.9 Å². The average molecular weight is 580 g/mol. The SMILES string of the molecule is COc1nc(N)nc2c1ncn2[C@@H]1OC(CO[P+]2(O)NC(C(=O)O[C@H](C)c3ccccc3)=CS2)[C@@H](O)[C@@]1(C)O. The smallest absolute Gasteiger partial charge is 0.440 e. The number of ether oxygens (including phenoxy) is 3. The number of nitrogens with one attached hydrogen (secondary N) is 1. The molecule has 0 saturated carbocycles. The van der Waals surface area contributed by atoms with E-state index in [1.165, 1.54) is 30.3 Å². The maximum absolute atomic E-state index is 12.6. The van der Waals surface area contributed by atoms with Crippen LogP contribution in [0, 0.1) is 0 Å². The van der Waals surface area contributed by atoms with Crippen molar-refractivity contribution in [2.24, 2.45) is 0 Å². The quantitative estimate of drug-likeness (QED) is 0.191. The second-order valence-corrected chi connectivity index (χ2v) is 13.2. The summed E-state index contributed by atoms with van der Waals surface area (Å²) in [7, 11) is -1.97. The Kier molecular flexibility index (Phi) is 7.41. The van der Waals surface area contributed by atoms with Crippen molar-refractivity contribution in [2.75, 3.05) is 19.5 Å². The number of aliphatic hydroxyl groups is 2. The van der Waals surface area contributed by atoms with Gasteiger partial charge < -0.3 is 30.2 Å². The lowest BCUT2D eigenvalue weighted by Crippen LogP contribution is -2.44. The Bertz CT molecular complexity index is 1410. The highest BCUT2D eigenvalue weighted by Gasteiger charge is 2.56. The fourth-order valence-corrected chi connectivity index (χ4v) is 7.32. The lowest BCUT2D eigenvalue weighted by atomic mass is 9.96. The van der Waals surface area contributed by atoms with Crippen LogP contribution in [0.25, 0.3) is 11.2 Å². The number of benzene rings is 1. The van der Waals surface area contributed by atoms with Crippen LogP contribution in [-0.4, -0.2) is 72.1 Å². The summed E-state index contributed by atoms with van der Waals surface area (Å²) in [5.74, 6) is -0.580. The molecule has 3 aromatic rings. The molecule has 2 aromatic heterocycles. The Hall–Kier alpha value is -3.04. The van der Waals surface area contributed by atoms with Crippen molar-refractivity contribution in [3.8, 4) is 5.88 Å². The Morgan fingerprint density at radius 3 is 2.82 bits per heavy atom. The van der Waals surface area contributed by atoms with Gasteiger partial charge in [-0.25, -0.2) is 9.78 Å². The minimum Gasteiger partial charge on any atom is -0.479 e. The van der Waals surface area contributed by atoms with E-state index < -0.39 is 43.2 Å². The summed E-state index contributed by atoms with van der Waals surface area (Å²) in [6.07, 6.45) is -2.73. The van der Waals surface area contributed by atoms with Crippen LogP contribution in [-0.2, 0) is 18.8 Å². The van der Waals surface area contributed by atoms with Gasteiger partial charge in [0.1, 0.15) is 41.9 Å². The van der Waals surface area contributed by atoms with E-state index in [2.05, 4.69) is 20.0 Å². The van der Waals surface area contributed by atoms with E-state index in [4.69, 9.17) is 24.5 Å². The number of anilines is 1. The summed E-state index contributed by atoms with van der Waals surface area (Å²) in [5, 5.41) is 26.1. The third-order valence-electron chi connectivity index (χ3n) is 6.37. The maximum atomic E-state index is 12.6. The molecular weight excluding hydrogens is 551 g/mol. The van der Waals surface area contributed by atoms with Gasteiger partial charge in [0.2, 0.25) is 11.8 Å². The number of hydrogen-bond acceptors (Lipinski definition) is 14. The molecule has 5 rings (SSSR count). The molecule has 0 spiro atoms. The minimum absolute atomic E-state index is 0.0486.